The number of methoxy groups -OCH3 is 1. The van der Waals surface area contributed by atoms with E-state index in [0.717, 1.165) is 32.1 Å². The summed E-state index contributed by atoms with van der Waals surface area (Å²) < 4.78 is 4.97. The average Bonchev–Trinajstić information content (AvgIpc) is 2.34. The van der Waals surface area contributed by atoms with Gasteiger partial charge in [-0.05, 0) is 20.0 Å². The number of nitrogens with one attached hydrogen (secondary N) is 2. The summed E-state index contributed by atoms with van der Waals surface area (Å²) in [6.07, 6.45) is 2.51. The number of unbranched alkanes of at least 4 members (excludes halogenated alkanes) is 1. The molecule has 5 nitrogen and oxygen atoms in total. The number of ether oxygens (including phenoxy) is 1. The van der Waals surface area contributed by atoms with Gasteiger partial charge in [0.1, 0.15) is 0 Å². The summed E-state index contributed by atoms with van der Waals surface area (Å²) in [7, 11) is 5.63. The second kappa shape index (κ2) is 15.0. The molecule has 0 fully saturated rings. The molecule has 0 aliphatic heterocycles. The number of halogens is 1. The van der Waals surface area contributed by atoms with Crippen LogP contribution in [-0.4, -0.2) is 64.9 Å². The molecule has 0 saturated heterocycles. The summed E-state index contributed by atoms with van der Waals surface area (Å²) in [5.41, 5.74) is 0. The number of likely N-dealkylation sites (N-methyl/N-ethyl adjacent to an activating group) is 1. The fraction of sp³-hybridized carbons (Fsp3) is 0.917. The molecular weight excluding hydrogens is 343 g/mol. The first-order valence-electron chi connectivity index (χ1n) is 6.36. The molecule has 0 aliphatic rings. The average molecular weight is 372 g/mol. The third kappa shape index (κ3) is 12.4. The molecule has 0 aromatic rings. The second-order valence-corrected chi connectivity index (χ2v) is 4.08. The van der Waals surface area contributed by atoms with E-state index in [4.69, 9.17) is 4.74 Å². The number of nitrogens with zero attached hydrogens (tertiary/aromatic N) is 2. The van der Waals surface area contributed by atoms with Crippen molar-refractivity contribution in [2.24, 2.45) is 4.99 Å². The predicted molar refractivity (Wildman–Crippen MR) is 89.1 cm³/mol. The minimum atomic E-state index is 0. The molecule has 0 unspecified atom stereocenters. The smallest absolute Gasteiger partial charge is 0.191 e. The van der Waals surface area contributed by atoms with Gasteiger partial charge >= 0.3 is 0 Å². The van der Waals surface area contributed by atoms with Gasteiger partial charge in [0.15, 0.2) is 5.96 Å². The van der Waals surface area contributed by atoms with Crippen molar-refractivity contribution in [1.29, 1.82) is 0 Å². The first-order valence-corrected chi connectivity index (χ1v) is 6.36. The molecule has 0 heterocycles. The van der Waals surface area contributed by atoms with E-state index in [9.17, 15) is 0 Å². The topological polar surface area (TPSA) is 48.9 Å². The van der Waals surface area contributed by atoms with Crippen LogP contribution in [0.4, 0.5) is 0 Å². The minimum Gasteiger partial charge on any atom is -0.383 e. The summed E-state index contributed by atoms with van der Waals surface area (Å²) in [5, 5.41) is 6.46. The lowest BCUT2D eigenvalue weighted by atomic mass is 10.3. The molecule has 0 bridgehead atoms. The van der Waals surface area contributed by atoms with Crippen LogP contribution < -0.4 is 10.6 Å². The highest BCUT2D eigenvalue weighted by molar-refractivity contribution is 14.0. The summed E-state index contributed by atoms with van der Waals surface area (Å²) in [4.78, 5) is 6.47. The fourth-order valence-corrected chi connectivity index (χ4v) is 1.40. The fourth-order valence-electron chi connectivity index (χ4n) is 1.40. The van der Waals surface area contributed by atoms with Gasteiger partial charge in [0.05, 0.1) is 6.61 Å². The largest absolute Gasteiger partial charge is 0.383 e. The van der Waals surface area contributed by atoms with Gasteiger partial charge in [0.25, 0.3) is 0 Å². The molecule has 0 amide bonds. The van der Waals surface area contributed by atoms with Crippen LogP contribution in [0.5, 0.6) is 0 Å². The number of guanidine groups is 1. The lowest BCUT2D eigenvalue weighted by Gasteiger charge is -2.17. The molecule has 2 N–H and O–H groups in total. The minimum absolute atomic E-state index is 0. The monoisotopic (exact) mass is 372 g/mol. The van der Waals surface area contributed by atoms with Gasteiger partial charge < -0.3 is 20.3 Å². The van der Waals surface area contributed by atoms with Gasteiger partial charge in [0.2, 0.25) is 0 Å². The van der Waals surface area contributed by atoms with Crippen LogP contribution in [0.25, 0.3) is 0 Å². The van der Waals surface area contributed by atoms with Crippen LogP contribution in [0, 0.1) is 0 Å². The molecule has 18 heavy (non-hydrogen) atoms. The number of hydrogen-bond acceptors (Lipinski definition) is 3. The van der Waals surface area contributed by atoms with E-state index in [0.29, 0.717) is 6.61 Å². The first-order chi connectivity index (χ1) is 8.24. The van der Waals surface area contributed by atoms with E-state index in [-0.39, 0.29) is 24.0 Å². The van der Waals surface area contributed by atoms with E-state index in [1.807, 2.05) is 0 Å². The van der Waals surface area contributed by atoms with E-state index in [2.05, 4.69) is 34.5 Å². The standard InChI is InChI=1S/C12H28N4O.HI/c1-5-6-9-16(3)10-7-14-12(13-2)15-8-11-17-4;/h5-11H2,1-4H3,(H2,13,14,15);1H. The van der Waals surface area contributed by atoms with Crippen molar-refractivity contribution in [3.63, 3.8) is 0 Å². The first kappa shape index (κ1) is 20.2. The molecule has 6 heteroatoms. The van der Waals surface area contributed by atoms with Gasteiger partial charge in [-0.25, -0.2) is 0 Å². The Balaban J connectivity index is 0. The SMILES string of the molecule is CCCCN(C)CCNC(=NC)NCCOC.I. The van der Waals surface area contributed by atoms with Crippen LogP contribution in [0.3, 0.4) is 0 Å². The highest BCUT2D eigenvalue weighted by atomic mass is 127. The summed E-state index contributed by atoms with van der Waals surface area (Å²) in [6.45, 7) is 6.79. The van der Waals surface area contributed by atoms with Crippen molar-refractivity contribution >= 4 is 29.9 Å². The maximum Gasteiger partial charge on any atom is 0.191 e. The Morgan fingerprint density at radius 3 is 2.44 bits per heavy atom. The molecule has 0 atom stereocenters. The van der Waals surface area contributed by atoms with Gasteiger partial charge in [-0.15, -0.1) is 24.0 Å². The molecule has 0 rings (SSSR count). The highest BCUT2D eigenvalue weighted by Gasteiger charge is 1.99. The van der Waals surface area contributed by atoms with Crippen LogP contribution in [0.2, 0.25) is 0 Å². The third-order valence-electron chi connectivity index (χ3n) is 2.50. The summed E-state index contributed by atoms with van der Waals surface area (Å²) in [6, 6.07) is 0. The maximum atomic E-state index is 4.97. The van der Waals surface area contributed by atoms with Gasteiger partial charge in [-0.2, -0.15) is 0 Å². The van der Waals surface area contributed by atoms with Crippen molar-refractivity contribution < 1.29 is 4.74 Å². The number of hydrogen-bond donors (Lipinski definition) is 2. The van der Waals surface area contributed by atoms with Crippen LogP contribution in [0.15, 0.2) is 4.99 Å². The zero-order chi connectivity index (χ0) is 12.9. The Hall–Kier alpha value is -0.0800. The van der Waals surface area contributed by atoms with Crippen molar-refractivity contribution in [2.75, 3.05) is 54.0 Å². The van der Waals surface area contributed by atoms with E-state index >= 15 is 0 Å². The summed E-state index contributed by atoms with van der Waals surface area (Å²) >= 11 is 0. The predicted octanol–water partition coefficient (Wildman–Crippen LogP) is 1.15. The molecule has 110 valence electrons. The van der Waals surface area contributed by atoms with E-state index < -0.39 is 0 Å². The number of aliphatic imine (C=N–C) groups is 1. The Morgan fingerprint density at radius 2 is 1.89 bits per heavy atom. The molecule has 0 aromatic heterocycles. The molecule has 0 aromatic carbocycles. The van der Waals surface area contributed by atoms with Gasteiger partial charge in [-0.3, -0.25) is 4.99 Å². The quantitative estimate of drug-likeness (QED) is 0.276. The van der Waals surface area contributed by atoms with Crippen LogP contribution >= 0.6 is 24.0 Å². The Morgan fingerprint density at radius 1 is 1.22 bits per heavy atom. The molecule has 0 spiro atoms. The van der Waals surface area contributed by atoms with E-state index in [1.165, 1.54) is 12.8 Å². The zero-order valence-electron chi connectivity index (χ0n) is 12.2. The second-order valence-electron chi connectivity index (χ2n) is 4.08. The van der Waals surface area contributed by atoms with Crippen LogP contribution in [0.1, 0.15) is 19.8 Å². The lowest BCUT2D eigenvalue weighted by Crippen LogP contribution is -2.42. The van der Waals surface area contributed by atoms with Gasteiger partial charge in [-0.1, -0.05) is 13.3 Å². The Kier molecular flexibility index (Phi) is 16.8. The number of rotatable bonds is 9. The van der Waals surface area contributed by atoms with Crippen molar-refractivity contribution in [2.45, 2.75) is 19.8 Å². The molecule has 0 radical (unpaired) electrons. The lowest BCUT2D eigenvalue weighted by molar-refractivity contribution is 0.203. The summed E-state index contributed by atoms with van der Waals surface area (Å²) in [5.74, 6) is 0.839. The third-order valence-corrected chi connectivity index (χ3v) is 2.50. The zero-order valence-corrected chi connectivity index (χ0v) is 14.5. The highest BCUT2D eigenvalue weighted by Crippen LogP contribution is 1.89. The van der Waals surface area contributed by atoms with Crippen molar-refractivity contribution in [3.8, 4) is 0 Å². The molecular formula is C12H29IN4O. The van der Waals surface area contributed by atoms with Gasteiger partial charge in [0, 0.05) is 33.8 Å². The van der Waals surface area contributed by atoms with E-state index in [1.54, 1.807) is 14.2 Å². The molecule has 0 saturated carbocycles. The normalized spacial score (nSPS) is 11.3. The van der Waals surface area contributed by atoms with Crippen LogP contribution in [-0.2, 0) is 4.74 Å². The Bertz CT molecular complexity index is 203. The maximum absolute atomic E-state index is 4.97. The van der Waals surface area contributed by atoms with Crippen molar-refractivity contribution in [1.82, 2.24) is 15.5 Å². The Labute approximate surface area is 129 Å². The van der Waals surface area contributed by atoms with Crippen molar-refractivity contribution in [3.05, 3.63) is 0 Å². The molecule has 0 aliphatic carbocycles.